The summed E-state index contributed by atoms with van der Waals surface area (Å²) in [5.41, 5.74) is 5.18. The van der Waals surface area contributed by atoms with Crippen LogP contribution in [0.25, 0.3) is 0 Å². The van der Waals surface area contributed by atoms with Crippen LogP contribution in [-0.4, -0.2) is 36.2 Å². The molecule has 0 aliphatic rings. The van der Waals surface area contributed by atoms with Gasteiger partial charge in [-0.05, 0) is 52.0 Å². The lowest BCUT2D eigenvalue weighted by atomic mass is 10.3. The molecule has 0 bridgehead atoms. The van der Waals surface area contributed by atoms with Crippen LogP contribution in [0.2, 0.25) is 0 Å². The van der Waals surface area contributed by atoms with Crippen LogP contribution in [0.4, 0.5) is 0 Å². The van der Waals surface area contributed by atoms with E-state index in [2.05, 4.69) is 21.3 Å². The van der Waals surface area contributed by atoms with Crippen LogP contribution in [0.1, 0.15) is 42.0 Å². The van der Waals surface area contributed by atoms with Gasteiger partial charge < -0.3 is 24.3 Å². The van der Waals surface area contributed by atoms with Crippen molar-refractivity contribution in [3.8, 4) is 11.5 Å². The van der Waals surface area contributed by atoms with Gasteiger partial charge in [0, 0.05) is 40.6 Å². The van der Waals surface area contributed by atoms with Gasteiger partial charge in [0.25, 0.3) is 0 Å². The van der Waals surface area contributed by atoms with E-state index in [0.29, 0.717) is 11.5 Å². The summed E-state index contributed by atoms with van der Waals surface area (Å²) in [4.78, 5) is 22.1. The van der Waals surface area contributed by atoms with Crippen LogP contribution in [0.3, 0.4) is 0 Å². The van der Waals surface area contributed by atoms with Gasteiger partial charge in [-0.3, -0.25) is 9.59 Å². The number of hydrogen-bond acceptors (Lipinski definition) is 9. The van der Waals surface area contributed by atoms with E-state index in [1.54, 1.807) is 88.4 Å². The van der Waals surface area contributed by atoms with E-state index in [9.17, 15) is 18.7 Å². The summed E-state index contributed by atoms with van der Waals surface area (Å²) in [5.74, 6) is -0.177. The molecule has 234 valence electrons. The first-order chi connectivity index (χ1) is 17.9. The number of para-hydroxylation sites is 2. The molecular weight excluding hydrogens is 660 g/mol. The van der Waals surface area contributed by atoms with Crippen molar-refractivity contribution in [2.45, 2.75) is 66.3 Å². The zero-order valence-corrected chi connectivity index (χ0v) is 27.4. The maximum absolute atomic E-state index is 12.0. The van der Waals surface area contributed by atoms with E-state index < -0.39 is 37.0 Å². The molecule has 0 aromatic heterocycles. The van der Waals surface area contributed by atoms with E-state index in [4.69, 9.17) is 48.7 Å². The number of esters is 2. The van der Waals surface area contributed by atoms with E-state index in [-0.39, 0.29) is 32.0 Å². The molecule has 0 saturated carbocycles. The second-order valence-electron chi connectivity index (χ2n) is 8.08. The molecule has 0 amide bonds. The Labute approximate surface area is 263 Å². The predicted molar refractivity (Wildman–Crippen MR) is 169 cm³/mol. The topological polar surface area (TPSA) is 143 Å². The number of hydrogen-bond donors (Lipinski definition) is 2. The van der Waals surface area contributed by atoms with E-state index in [1.807, 2.05) is 0 Å². The molecule has 16 heteroatoms. The van der Waals surface area contributed by atoms with Gasteiger partial charge in [-0.15, -0.1) is 12.4 Å². The zero-order chi connectivity index (χ0) is 30.2. The lowest BCUT2D eigenvalue weighted by molar-refractivity contribution is -0.149. The van der Waals surface area contributed by atoms with Gasteiger partial charge in [0.15, 0.2) is 0 Å². The van der Waals surface area contributed by atoms with Crippen molar-refractivity contribution in [2.75, 3.05) is 0 Å². The number of nitrogens with two attached hydrogens (primary N) is 1. The zero-order valence-electron chi connectivity index (χ0n) is 22.6. The molecule has 0 spiro atoms. The number of benzene rings is 2. The van der Waals surface area contributed by atoms with Gasteiger partial charge >= 0.3 is 24.9 Å². The summed E-state index contributed by atoms with van der Waals surface area (Å²) < 4.78 is 42.1. The fourth-order valence-electron chi connectivity index (χ4n) is 2.17. The second-order valence-corrected chi connectivity index (χ2v) is 15.0. The first kappa shape index (κ1) is 43.8. The summed E-state index contributed by atoms with van der Waals surface area (Å²) >= 11 is 16.1. The van der Waals surface area contributed by atoms with Crippen LogP contribution in [0, 0.1) is 6.92 Å². The van der Waals surface area contributed by atoms with Gasteiger partial charge in [0.2, 0.25) is 6.10 Å². The molecule has 4 atom stereocenters. The van der Waals surface area contributed by atoms with E-state index in [0.717, 1.165) is 0 Å². The van der Waals surface area contributed by atoms with Crippen LogP contribution >= 0.6 is 59.1 Å². The summed E-state index contributed by atoms with van der Waals surface area (Å²) in [7, 11) is 0. The minimum Gasteiger partial charge on any atom is -0.462 e. The highest BCUT2D eigenvalue weighted by molar-refractivity contribution is 8.05. The Hall–Kier alpha value is -1.61. The Bertz CT molecular complexity index is 1090. The van der Waals surface area contributed by atoms with Gasteiger partial charge in [0.05, 0.1) is 6.10 Å². The SMILES string of the molecule is C.CC(C)OC(=O)[C@H](C)NP(=O)(Cl)Oc1ccccc1.Cl.O=P(Cl)(Cl)Oc1ccccc1.[CH2+]C(C)OC(=O)[C@H](C)N. The molecule has 2 aromatic carbocycles. The number of ether oxygens (including phenoxy) is 2. The smallest absolute Gasteiger partial charge is 0.428 e. The summed E-state index contributed by atoms with van der Waals surface area (Å²) in [6.07, 6.45) is -4.01. The Kier molecular flexibility index (Phi) is 23.5. The number of carbonyl (C=O) groups is 2. The molecule has 0 fully saturated rings. The molecule has 3 N–H and O–H groups in total. The van der Waals surface area contributed by atoms with Crippen molar-refractivity contribution in [3.63, 3.8) is 0 Å². The fourth-order valence-corrected chi connectivity index (χ4v) is 4.71. The Morgan fingerprint density at radius 1 is 0.805 bits per heavy atom. The van der Waals surface area contributed by atoms with Crippen molar-refractivity contribution in [2.24, 2.45) is 5.73 Å². The highest BCUT2D eigenvalue weighted by atomic mass is 35.9. The lowest BCUT2D eigenvalue weighted by Gasteiger charge is -2.19. The third-order valence-corrected chi connectivity index (χ3v) is 6.14. The molecule has 0 saturated heterocycles. The highest BCUT2D eigenvalue weighted by Crippen LogP contribution is 2.57. The fraction of sp³-hybridized carbons (Fsp3) is 0.400. The van der Waals surface area contributed by atoms with Crippen molar-refractivity contribution < 1.29 is 37.2 Å². The average molecular weight is 699 g/mol. The Balaban J connectivity index is -0.000000563. The van der Waals surface area contributed by atoms with Crippen molar-refractivity contribution >= 4 is 71.0 Å². The van der Waals surface area contributed by atoms with Gasteiger partial charge in [0.1, 0.15) is 30.5 Å². The number of halogens is 4. The number of carbonyl (C=O) groups excluding carboxylic acids is 2. The second kappa shape index (κ2) is 22.0. The molecule has 0 aliphatic carbocycles. The minimum atomic E-state index is -3.65. The molecule has 0 radical (unpaired) electrons. The Morgan fingerprint density at radius 2 is 1.22 bits per heavy atom. The quantitative estimate of drug-likeness (QED) is 0.142. The van der Waals surface area contributed by atoms with Crippen LogP contribution < -0.4 is 19.9 Å². The highest BCUT2D eigenvalue weighted by Gasteiger charge is 2.28. The first-order valence-electron chi connectivity index (χ1n) is 11.5. The van der Waals surface area contributed by atoms with E-state index in [1.165, 1.54) is 6.92 Å². The minimum absolute atomic E-state index is 0. The average Bonchev–Trinajstić information content (AvgIpc) is 2.78. The van der Waals surface area contributed by atoms with Crippen LogP contribution in [0.5, 0.6) is 11.5 Å². The van der Waals surface area contributed by atoms with Crippen LogP contribution in [-0.2, 0) is 28.2 Å². The molecule has 0 heterocycles. The van der Waals surface area contributed by atoms with Gasteiger partial charge in [-0.25, -0.2) is 14.2 Å². The molecule has 2 rings (SSSR count). The van der Waals surface area contributed by atoms with Crippen molar-refractivity contribution in [1.29, 1.82) is 0 Å². The first-order valence-corrected chi connectivity index (χ1v) is 17.4. The predicted octanol–water partition coefficient (Wildman–Crippen LogP) is 8.15. The molecule has 2 aromatic rings. The summed E-state index contributed by atoms with van der Waals surface area (Å²) in [6.45, 7) is 8.03. The maximum Gasteiger partial charge on any atom is 0.428 e. The molecule has 41 heavy (non-hydrogen) atoms. The number of rotatable bonds is 10. The molecule has 0 aliphatic heterocycles. The summed E-state index contributed by atoms with van der Waals surface area (Å²) in [5, 5.41) is 2.43. The van der Waals surface area contributed by atoms with Crippen LogP contribution in [0.15, 0.2) is 60.7 Å². The van der Waals surface area contributed by atoms with E-state index >= 15 is 0 Å². The standard InChI is InChI=1S/C12H17ClNO4P.C6H5Cl2O2P.C6H12NO2.CH4.ClH/c1-9(2)17-12(15)10(3)14-19(13,16)18-11-7-5-4-6-8-11;7-11(8,9)10-6-4-2-1-3-5-6;1-4(2)9-6(8)5(3)7;;/h4-10H,1-3H3,(H,14,16);1-5H;4-5H,1,7H2,2-3H3;1H4;1H/q;;+1;;/t10-,19?;;4?,5-;;/m0.0../s1. The third-order valence-electron chi connectivity index (χ3n) is 3.66. The monoisotopic (exact) mass is 697 g/mol. The van der Waals surface area contributed by atoms with Crippen molar-refractivity contribution in [1.82, 2.24) is 5.09 Å². The third kappa shape index (κ3) is 24.7. The van der Waals surface area contributed by atoms with Gasteiger partial charge in [-0.2, -0.15) is 0 Å². The lowest BCUT2D eigenvalue weighted by Crippen LogP contribution is -2.34. The maximum atomic E-state index is 12.0. The molecule has 10 nitrogen and oxygen atoms in total. The van der Waals surface area contributed by atoms with Gasteiger partial charge in [-0.1, -0.05) is 43.8 Å². The Morgan fingerprint density at radius 3 is 1.54 bits per heavy atom. The van der Waals surface area contributed by atoms with Crippen molar-refractivity contribution in [3.05, 3.63) is 67.6 Å². The molecule has 2 unspecified atom stereocenters. The molecular formula is C25H39Cl4N2O8P2+. The largest absolute Gasteiger partial charge is 0.462 e. The number of nitrogens with one attached hydrogen (secondary N) is 1. The summed E-state index contributed by atoms with van der Waals surface area (Å²) in [6, 6.07) is 15.6. The normalized spacial score (nSPS) is 13.8.